The second-order valence-corrected chi connectivity index (χ2v) is 12.3. The van der Waals surface area contributed by atoms with E-state index in [4.69, 9.17) is 18.9 Å². The van der Waals surface area contributed by atoms with Crippen molar-refractivity contribution < 1.29 is 38.6 Å². The number of aliphatic hydroxyl groups excluding tert-OH is 1. The van der Waals surface area contributed by atoms with Crippen LogP contribution >= 0.6 is 0 Å². The summed E-state index contributed by atoms with van der Waals surface area (Å²) in [7, 11) is 0. The number of benzene rings is 2. The van der Waals surface area contributed by atoms with Crippen molar-refractivity contribution in [2.24, 2.45) is 0 Å². The van der Waals surface area contributed by atoms with Gasteiger partial charge in [0.2, 0.25) is 5.95 Å². The van der Waals surface area contributed by atoms with Crippen molar-refractivity contribution in [2.45, 2.75) is 63.9 Å². The first kappa shape index (κ1) is 34.0. The third kappa shape index (κ3) is 7.78. The quantitative estimate of drug-likeness (QED) is 0.118. The van der Waals surface area contributed by atoms with E-state index < -0.39 is 53.5 Å². The Morgan fingerprint density at radius 2 is 1.94 bits per heavy atom. The maximum Gasteiger partial charge on any atom is 0.508 e. The lowest BCUT2D eigenvalue weighted by Crippen LogP contribution is -2.30. The van der Waals surface area contributed by atoms with Gasteiger partial charge in [-0.2, -0.15) is 4.98 Å². The molecule has 0 spiro atoms. The number of aromatic nitrogens is 4. The molecule has 3 N–H and O–H groups in total. The van der Waals surface area contributed by atoms with E-state index in [1.165, 1.54) is 17.0 Å². The summed E-state index contributed by atoms with van der Waals surface area (Å²) >= 11 is 0. The Kier molecular flexibility index (Phi) is 10.0. The number of para-hydroxylation sites is 1. The number of carbonyl (C=O) groups is 2. The van der Waals surface area contributed by atoms with Crippen LogP contribution in [0.4, 0.5) is 16.4 Å². The van der Waals surface area contributed by atoms with Crippen LogP contribution in [-0.2, 0) is 24.4 Å². The number of hydrogen-bond donors (Lipinski definition) is 3. The van der Waals surface area contributed by atoms with E-state index in [0.717, 1.165) is 5.56 Å². The third-order valence-corrected chi connectivity index (χ3v) is 7.81. The molecule has 3 heterocycles. The van der Waals surface area contributed by atoms with E-state index >= 15 is 0 Å². The second kappa shape index (κ2) is 14.2. The fourth-order valence-corrected chi connectivity index (χ4v) is 5.23. The number of aromatic amines is 1. The molecule has 16 nitrogen and oxygen atoms in total. The summed E-state index contributed by atoms with van der Waals surface area (Å²) in [5, 5.41) is 23.8. The zero-order valence-corrected chi connectivity index (χ0v) is 26.7. The number of hydrogen-bond acceptors (Lipinski definition) is 12. The molecule has 0 saturated carbocycles. The predicted molar refractivity (Wildman–Crippen MR) is 171 cm³/mol. The molecule has 2 aromatic carbocycles. The molecule has 1 fully saturated rings. The predicted octanol–water partition coefficient (Wildman–Crippen LogP) is 3.95. The molecule has 254 valence electrons. The van der Waals surface area contributed by atoms with Crippen molar-refractivity contribution in [2.75, 3.05) is 25.1 Å². The van der Waals surface area contributed by atoms with Crippen LogP contribution in [0.15, 0.2) is 59.7 Å². The number of ether oxygens (including phenoxy) is 4. The van der Waals surface area contributed by atoms with Crippen molar-refractivity contribution in [3.05, 3.63) is 86.5 Å². The highest BCUT2D eigenvalue weighted by molar-refractivity contribution is 5.90. The molecule has 0 bridgehead atoms. The topological polar surface area (TPSA) is 210 Å². The number of nitro benzene ring substituents is 1. The van der Waals surface area contributed by atoms with Gasteiger partial charge in [-0.1, -0.05) is 58.0 Å². The number of nitro groups is 1. The normalized spacial score (nSPS) is 18.3. The van der Waals surface area contributed by atoms with Gasteiger partial charge in [0.15, 0.2) is 17.8 Å². The molecule has 1 aliphatic rings. The minimum absolute atomic E-state index is 0.0277. The van der Waals surface area contributed by atoms with Crippen LogP contribution in [0.2, 0.25) is 0 Å². The molecule has 0 radical (unpaired) electrons. The number of rotatable bonds is 11. The first-order valence-electron chi connectivity index (χ1n) is 15.2. The van der Waals surface area contributed by atoms with Crippen LogP contribution in [0.25, 0.3) is 11.2 Å². The fourth-order valence-electron chi connectivity index (χ4n) is 5.23. The van der Waals surface area contributed by atoms with Crippen molar-refractivity contribution in [1.82, 2.24) is 19.5 Å². The summed E-state index contributed by atoms with van der Waals surface area (Å²) in [6.45, 7) is 6.93. The van der Waals surface area contributed by atoms with Crippen molar-refractivity contribution in [3.8, 4) is 5.75 Å². The molecule has 0 aliphatic carbocycles. The molecule has 5 rings (SSSR count). The average molecular weight is 665 g/mol. The van der Waals surface area contributed by atoms with Gasteiger partial charge in [0.1, 0.15) is 30.8 Å². The van der Waals surface area contributed by atoms with Crippen LogP contribution in [-0.4, -0.2) is 73.6 Å². The summed E-state index contributed by atoms with van der Waals surface area (Å²) in [6.07, 6.45) is -2.42. The van der Waals surface area contributed by atoms with Gasteiger partial charge < -0.3 is 24.1 Å². The van der Waals surface area contributed by atoms with Gasteiger partial charge in [0.05, 0.1) is 17.9 Å². The molecule has 1 saturated heterocycles. The lowest BCUT2D eigenvalue weighted by molar-refractivity contribution is -0.385. The number of carbonyl (C=O) groups excluding carboxylic acids is 2. The first-order valence-corrected chi connectivity index (χ1v) is 15.2. The monoisotopic (exact) mass is 664 g/mol. The van der Waals surface area contributed by atoms with Gasteiger partial charge in [0.25, 0.3) is 17.2 Å². The van der Waals surface area contributed by atoms with Crippen LogP contribution in [0.5, 0.6) is 5.75 Å². The van der Waals surface area contributed by atoms with E-state index in [1.54, 1.807) is 37.3 Å². The number of nitrogens with one attached hydrogen (secondary N) is 2. The number of aliphatic hydroxyl groups is 1. The van der Waals surface area contributed by atoms with Crippen LogP contribution in [0, 0.1) is 10.1 Å². The minimum Gasteiger partial charge on any atom is -0.484 e. The number of anilines is 1. The highest BCUT2D eigenvalue weighted by atomic mass is 16.7. The Morgan fingerprint density at radius 3 is 2.62 bits per heavy atom. The van der Waals surface area contributed by atoms with E-state index in [-0.39, 0.29) is 47.8 Å². The van der Waals surface area contributed by atoms with Gasteiger partial charge in [0, 0.05) is 24.0 Å². The molecule has 4 aromatic rings. The lowest BCUT2D eigenvalue weighted by Gasteiger charge is -2.19. The van der Waals surface area contributed by atoms with Crippen molar-refractivity contribution in [1.29, 1.82) is 0 Å². The molecular weight excluding hydrogens is 628 g/mol. The molecule has 1 unspecified atom stereocenters. The second-order valence-electron chi connectivity index (χ2n) is 12.3. The van der Waals surface area contributed by atoms with Gasteiger partial charge >= 0.3 is 6.16 Å². The van der Waals surface area contributed by atoms with Crippen LogP contribution in [0.3, 0.4) is 0 Å². The fraction of sp³-hybridized carbons (Fsp3) is 0.406. The molecule has 48 heavy (non-hydrogen) atoms. The maximum atomic E-state index is 12.8. The minimum atomic E-state index is -1.05. The lowest BCUT2D eigenvalue weighted by atomic mass is 9.87. The van der Waals surface area contributed by atoms with Crippen LogP contribution < -0.4 is 15.6 Å². The first-order chi connectivity index (χ1) is 22.8. The zero-order valence-electron chi connectivity index (χ0n) is 26.7. The summed E-state index contributed by atoms with van der Waals surface area (Å²) in [5.74, 6) is -0.709. The van der Waals surface area contributed by atoms with E-state index in [9.17, 15) is 29.6 Å². The van der Waals surface area contributed by atoms with Gasteiger partial charge in [-0.05, 0) is 23.1 Å². The summed E-state index contributed by atoms with van der Waals surface area (Å²) < 4.78 is 23.6. The molecule has 1 amide bonds. The zero-order chi connectivity index (χ0) is 34.6. The Hall–Kier alpha value is -5.35. The van der Waals surface area contributed by atoms with Gasteiger partial charge in [-0.25, -0.2) is 9.78 Å². The van der Waals surface area contributed by atoms with E-state index in [1.807, 2.05) is 12.1 Å². The van der Waals surface area contributed by atoms with Gasteiger partial charge in [-0.15, -0.1) is 0 Å². The Bertz CT molecular complexity index is 1850. The molecule has 2 aromatic heterocycles. The smallest absolute Gasteiger partial charge is 0.484 e. The largest absolute Gasteiger partial charge is 0.508 e. The van der Waals surface area contributed by atoms with Crippen LogP contribution in [0.1, 0.15) is 57.4 Å². The number of H-pyrrole nitrogens is 1. The Labute approximate surface area is 274 Å². The Balaban J connectivity index is 1.21. The maximum absolute atomic E-state index is 12.8. The van der Waals surface area contributed by atoms with Crippen molar-refractivity contribution in [3.63, 3.8) is 0 Å². The van der Waals surface area contributed by atoms with Crippen molar-refractivity contribution >= 4 is 34.9 Å². The molecule has 1 aliphatic heterocycles. The average Bonchev–Trinajstić information content (AvgIpc) is 3.66. The SMILES string of the molecule is CC(COC(=O)O[C@H]1C[C@H](n2cnc3c(=O)[nH]c(NC(=O)COc4ccc(C(C)(C)C)cc4)nc32)O[C@@H]1CO)c1ccccc1[N+](=O)[O-]. The summed E-state index contributed by atoms with van der Waals surface area (Å²) in [6, 6.07) is 13.6. The van der Waals surface area contributed by atoms with E-state index in [0.29, 0.717) is 11.3 Å². The summed E-state index contributed by atoms with van der Waals surface area (Å²) in [5.41, 5.74) is 0.828. The number of fused-ring (bicyclic) bond motifs is 1. The number of amides is 1. The number of nitrogens with zero attached hydrogens (tertiary/aromatic N) is 4. The van der Waals surface area contributed by atoms with E-state index in [2.05, 4.69) is 41.0 Å². The summed E-state index contributed by atoms with van der Waals surface area (Å²) in [4.78, 5) is 59.7. The number of imidazole rings is 1. The Morgan fingerprint density at radius 1 is 1.21 bits per heavy atom. The van der Waals surface area contributed by atoms with Gasteiger partial charge in [-0.3, -0.25) is 34.6 Å². The highest BCUT2D eigenvalue weighted by Crippen LogP contribution is 2.33. The highest BCUT2D eigenvalue weighted by Gasteiger charge is 2.40. The third-order valence-electron chi connectivity index (χ3n) is 7.81. The molecular formula is C32H36N6O10. The standard InChI is InChI=1S/C32H36N6O10/c1-18(21-7-5-6-8-22(21)38(43)44)15-46-31(42)48-23-13-26(47-24(23)14-39)37-17-33-27-28(37)35-30(36-29(27)41)34-25(40)16-45-20-11-9-19(10-12-20)32(2,3)4/h5-12,17-18,23-24,26,39H,13-16H2,1-4H3,(H2,34,35,36,40,41)/t18?,23-,24+,26+/m0/s1. The molecule has 16 heteroatoms. The molecule has 4 atom stereocenters.